The molecule has 2 N–H and O–H groups in total. The summed E-state index contributed by atoms with van der Waals surface area (Å²) in [5.74, 6) is -1.63. The minimum absolute atomic E-state index is 0.151. The van der Waals surface area contributed by atoms with Gasteiger partial charge in [0, 0.05) is 18.2 Å². The van der Waals surface area contributed by atoms with Crippen LogP contribution in [0.1, 0.15) is 45.6 Å². The predicted molar refractivity (Wildman–Crippen MR) is 107 cm³/mol. The molecule has 0 bridgehead atoms. The summed E-state index contributed by atoms with van der Waals surface area (Å²) in [5.41, 5.74) is -0.0272. The number of halogens is 1. The van der Waals surface area contributed by atoms with Crippen molar-refractivity contribution in [2.24, 2.45) is 17.8 Å². The molecule has 2 saturated heterocycles. The molecule has 150 valence electrons. The second kappa shape index (κ2) is 6.85. The van der Waals surface area contributed by atoms with E-state index in [2.05, 4.69) is 24.5 Å². The number of hydrogen-bond acceptors (Lipinski definition) is 4. The van der Waals surface area contributed by atoms with Crippen LogP contribution in [0, 0.1) is 17.8 Å². The maximum Gasteiger partial charge on any atom is 0.250 e. The van der Waals surface area contributed by atoms with E-state index in [1.54, 1.807) is 12.1 Å². The van der Waals surface area contributed by atoms with E-state index >= 15 is 0 Å². The highest BCUT2D eigenvalue weighted by molar-refractivity contribution is 6.35. The van der Waals surface area contributed by atoms with E-state index in [1.807, 2.05) is 13.0 Å². The number of rotatable bonds is 5. The van der Waals surface area contributed by atoms with Crippen molar-refractivity contribution < 1.29 is 14.4 Å². The first-order chi connectivity index (χ1) is 13.3. The molecule has 2 fully saturated rings. The highest BCUT2D eigenvalue weighted by Crippen LogP contribution is 2.54. The monoisotopic (exact) mass is 403 g/mol. The van der Waals surface area contributed by atoms with Gasteiger partial charge >= 0.3 is 0 Å². The fraction of sp³-hybridized carbons (Fsp3) is 0.571. The lowest BCUT2D eigenvalue weighted by atomic mass is 9.76. The van der Waals surface area contributed by atoms with E-state index in [0.29, 0.717) is 35.2 Å². The van der Waals surface area contributed by atoms with Gasteiger partial charge in [-0.3, -0.25) is 24.6 Å². The summed E-state index contributed by atoms with van der Waals surface area (Å²) in [4.78, 5) is 41.2. The van der Waals surface area contributed by atoms with E-state index in [1.165, 1.54) is 4.90 Å². The quantitative estimate of drug-likeness (QED) is 0.741. The summed E-state index contributed by atoms with van der Waals surface area (Å²) in [6, 6.07) is 5.09. The maximum absolute atomic E-state index is 13.4. The zero-order chi connectivity index (χ0) is 20.2. The molecule has 0 unspecified atom stereocenters. The van der Waals surface area contributed by atoms with E-state index in [0.717, 1.165) is 12.8 Å². The predicted octanol–water partition coefficient (Wildman–Crippen LogP) is 2.91. The van der Waals surface area contributed by atoms with Crippen LogP contribution in [0.2, 0.25) is 5.02 Å². The van der Waals surface area contributed by atoms with Crippen molar-refractivity contribution in [3.8, 4) is 0 Å². The number of nitrogens with zero attached hydrogens (tertiary/aromatic N) is 1. The molecule has 3 aliphatic heterocycles. The van der Waals surface area contributed by atoms with Crippen molar-refractivity contribution in [1.82, 2.24) is 10.2 Å². The Bertz CT molecular complexity index is 855. The van der Waals surface area contributed by atoms with E-state index in [9.17, 15) is 14.4 Å². The number of unbranched alkanes of at least 4 members (excludes halogenated alkanes) is 1. The van der Waals surface area contributed by atoms with Crippen LogP contribution >= 0.6 is 11.6 Å². The minimum atomic E-state index is -1.24. The first kappa shape index (κ1) is 19.4. The number of carbonyl (C=O) groups excluding carboxylic acids is 3. The van der Waals surface area contributed by atoms with Crippen LogP contribution in [0.25, 0.3) is 0 Å². The minimum Gasteiger partial charge on any atom is -0.323 e. The zero-order valence-corrected chi connectivity index (χ0v) is 17.2. The van der Waals surface area contributed by atoms with Crippen LogP contribution in [0.15, 0.2) is 18.2 Å². The number of imide groups is 1. The largest absolute Gasteiger partial charge is 0.323 e. The first-order valence-electron chi connectivity index (χ1n) is 10.1. The molecule has 0 aromatic heterocycles. The number of para-hydroxylation sites is 1. The second-order valence-electron chi connectivity index (χ2n) is 8.49. The SMILES string of the molecule is CCCCN1C(=O)[C@@H]2[C@H](CC(C)C)N[C@@]3(C(=O)Nc4c(Cl)cccc43)[C@@H]2C1=O. The molecule has 4 rings (SSSR count). The van der Waals surface area contributed by atoms with Crippen molar-refractivity contribution >= 4 is 35.0 Å². The third-order valence-corrected chi connectivity index (χ3v) is 6.57. The van der Waals surface area contributed by atoms with Gasteiger partial charge in [-0.1, -0.05) is 50.9 Å². The van der Waals surface area contributed by atoms with Gasteiger partial charge in [-0.25, -0.2) is 0 Å². The summed E-state index contributed by atoms with van der Waals surface area (Å²) in [6.45, 7) is 6.60. The lowest BCUT2D eigenvalue weighted by Crippen LogP contribution is -2.53. The Labute approximate surface area is 170 Å². The lowest BCUT2D eigenvalue weighted by Gasteiger charge is -2.29. The third kappa shape index (κ3) is 2.54. The molecule has 0 aliphatic carbocycles. The van der Waals surface area contributed by atoms with Crippen LogP contribution < -0.4 is 10.6 Å². The van der Waals surface area contributed by atoms with Crippen LogP contribution in [0.5, 0.6) is 0 Å². The average molecular weight is 404 g/mol. The molecular formula is C21H26ClN3O3. The number of hydrogen-bond donors (Lipinski definition) is 2. The molecule has 1 spiro atoms. The molecule has 28 heavy (non-hydrogen) atoms. The summed E-state index contributed by atoms with van der Waals surface area (Å²) in [5, 5.41) is 6.73. The standard InChI is InChI=1S/C21H26ClN3O3/c1-4-5-9-25-18(26)15-14(10-11(2)3)24-21(16(15)19(25)27)12-7-6-8-13(22)17(12)23-20(21)28/h6-8,11,14-16,24H,4-5,9-10H2,1-3H3,(H,23,28)/t14-,15+,16-,21+/m0/s1. The Kier molecular flexibility index (Phi) is 4.74. The van der Waals surface area contributed by atoms with E-state index in [-0.39, 0.29) is 23.8 Å². The van der Waals surface area contributed by atoms with Gasteiger partial charge in [0.25, 0.3) is 0 Å². The highest BCUT2D eigenvalue weighted by atomic mass is 35.5. The summed E-state index contributed by atoms with van der Waals surface area (Å²) < 4.78 is 0. The van der Waals surface area contributed by atoms with Gasteiger partial charge in [0.05, 0.1) is 22.5 Å². The van der Waals surface area contributed by atoms with Crippen molar-refractivity contribution in [1.29, 1.82) is 0 Å². The fourth-order valence-electron chi connectivity index (χ4n) is 5.10. The van der Waals surface area contributed by atoms with Crippen molar-refractivity contribution in [3.05, 3.63) is 28.8 Å². The lowest BCUT2D eigenvalue weighted by molar-refractivity contribution is -0.142. The van der Waals surface area contributed by atoms with Crippen LogP contribution in [-0.4, -0.2) is 35.2 Å². The number of nitrogens with one attached hydrogen (secondary N) is 2. The maximum atomic E-state index is 13.4. The van der Waals surface area contributed by atoms with Gasteiger partial charge in [-0.2, -0.15) is 0 Å². The molecule has 3 aliphatic rings. The molecule has 0 radical (unpaired) electrons. The topological polar surface area (TPSA) is 78.5 Å². The van der Waals surface area contributed by atoms with Crippen molar-refractivity contribution in [2.75, 3.05) is 11.9 Å². The second-order valence-corrected chi connectivity index (χ2v) is 8.90. The smallest absolute Gasteiger partial charge is 0.250 e. The van der Waals surface area contributed by atoms with Crippen molar-refractivity contribution in [2.45, 2.75) is 51.6 Å². The molecule has 1 aromatic carbocycles. The zero-order valence-electron chi connectivity index (χ0n) is 16.4. The molecule has 0 saturated carbocycles. The molecule has 4 atom stereocenters. The number of benzene rings is 1. The van der Waals surface area contributed by atoms with Gasteiger partial charge in [-0.05, 0) is 24.8 Å². The normalized spacial score (nSPS) is 31.1. The number of carbonyl (C=O) groups is 3. The molecular weight excluding hydrogens is 378 g/mol. The molecule has 3 heterocycles. The first-order valence-corrected chi connectivity index (χ1v) is 10.4. The number of likely N-dealkylation sites (tertiary alicyclic amines) is 1. The van der Waals surface area contributed by atoms with Crippen LogP contribution in [-0.2, 0) is 19.9 Å². The van der Waals surface area contributed by atoms with Gasteiger partial charge in [0.15, 0.2) is 0 Å². The number of anilines is 1. The molecule has 3 amide bonds. The Hall–Kier alpha value is -1.92. The van der Waals surface area contributed by atoms with E-state index < -0.39 is 17.4 Å². The van der Waals surface area contributed by atoms with E-state index in [4.69, 9.17) is 11.6 Å². The molecule has 1 aromatic rings. The number of amides is 3. The summed E-state index contributed by atoms with van der Waals surface area (Å²) >= 11 is 6.32. The van der Waals surface area contributed by atoms with Crippen molar-refractivity contribution in [3.63, 3.8) is 0 Å². The van der Waals surface area contributed by atoms with Gasteiger partial charge in [0.1, 0.15) is 5.54 Å². The Morgan fingerprint density at radius 1 is 1.21 bits per heavy atom. The number of fused-ring (bicyclic) bond motifs is 4. The van der Waals surface area contributed by atoms with Gasteiger partial charge < -0.3 is 5.32 Å². The average Bonchev–Trinajstić information content (AvgIpc) is 3.20. The highest BCUT2D eigenvalue weighted by Gasteiger charge is 2.70. The van der Waals surface area contributed by atoms with Gasteiger partial charge in [-0.15, -0.1) is 0 Å². The molecule has 7 heteroatoms. The molecule has 6 nitrogen and oxygen atoms in total. The van der Waals surface area contributed by atoms with Gasteiger partial charge in [0.2, 0.25) is 17.7 Å². The third-order valence-electron chi connectivity index (χ3n) is 6.25. The Morgan fingerprint density at radius 2 is 1.96 bits per heavy atom. The Morgan fingerprint density at radius 3 is 2.64 bits per heavy atom. The fourth-order valence-corrected chi connectivity index (χ4v) is 5.32. The van der Waals surface area contributed by atoms with Crippen LogP contribution in [0.3, 0.4) is 0 Å². The summed E-state index contributed by atoms with van der Waals surface area (Å²) in [6.07, 6.45) is 2.37. The summed E-state index contributed by atoms with van der Waals surface area (Å²) in [7, 11) is 0. The van der Waals surface area contributed by atoms with Crippen LogP contribution in [0.4, 0.5) is 5.69 Å². The Balaban J connectivity index is 1.84.